The van der Waals surface area contributed by atoms with Gasteiger partial charge in [0.15, 0.2) is 0 Å². The Morgan fingerprint density at radius 3 is 2.67 bits per heavy atom. The summed E-state index contributed by atoms with van der Waals surface area (Å²) in [5.41, 5.74) is 7.10. The van der Waals surface area contributed by atoms with E-state index in [-0.39, 0.29) is 5.57 Å². The molecule has 0 unspecified atom stereocenters. The van der Waals surface area contributed by atoms with Crippen LogP contribution in [-0.2, 0) is 4.79 Å². The zero-order valence-corrected chi connectivity index (χ0v) is 6.92. The molecular formula is C9H10N2O. The maximum atomic E-state index is 10.7. The second-order valence-corrected chi connectivity index (χ2v) is 2.87. The lowest BCUT2D eigenvalue weighted by Crippen LogP contribution is -2.14. The monoisotopic (exact) mass is 162 g/mol. The van der Waals surface area contributed by atoms with E-state index in [2.05, 4.69) is 0 Å². The molecule has 0 aromatic heterocycles. The van der Waals surface area contributed by atoms with Crippen molar-refractivity contribution in [1.29, 1.82) is 5.26 Å². The SMILES string of the molecule is CC1=C/C(=C(/C#N)C(N)=O)CC1. The molecule has 2 N–H and O–H groups in total. The molecule has 0 fully saturated rings. The van der Waals surface area contributed by atoms with E-state index in [0.29, 0.717) is 0 Å². The number of hydrogen-bond donors (Lipinski definition) is 1. The summed E-state index contributed by atoms with van der Waals surface area (Å²) in [6.07, 6.45) is 3.55. The van der Waals surface area contributed by atoms with E-state index in [1.807, 2.05) is 19.1 Å². The first-order valence-electron chi connectivity index (χ1n) is 3.75. The van der Waals surface area contributed by atoms with Crippen LogP contribution in [0.1, 0.15) is 19.8 Å². The summed E-state index contributed by atoms with van der Waals surface area (Å²) in [5.74, 6) is -0.626. The maximum Gasteiger partial charge on any atom is 0.259 e. The normalized spacial score (nSPS) is 19.8. The van der Waals surface area contributed by atoms with Crippen LogP contribution in [0.4, 0.5) is 0 Å². The highest BCUT2D eigenvalue weighted by Gasteiger charge is 2.14. The van der Waals surface area contributed by atoms with Crippen molar-refractivity contribution in [3.8, 4) is 6.07 Å². The fourth-order valence-corrected chi connectivity index (χ4v) is 1.26. The van der Waals surface area contributed by atoms with Crippen LogP contribution in [0.3, 0.4) is 0 Å². The van der Waals surface area contributed by atoms with Gasteiger partial charge < -0.3 is 5.73 Å². The van der Waals surface area contributed by atoms with E-state index in [1.165, 1.54) is 5.57 Å². The molecule has 0 heterocycles. The first-order valence-corrected chi connectivity index (χ1v) is 3.75. The largest absolute Gasteiger partial charge is 0.365 e. The van der Waals surface area contributed by atoms with E-state index < -0.39 is 5.91 Å². The van der Waals surface area contributed by atoms with Gasteiger partial charge in [0, 0.05) is 0 Å². The van der Waals surface area contributed by atoms with Gasteiger partial charge in [0.25, 0.3) is 5.91 Å². The van der Waals surface area contributed by atoms with Crippen LogP contribution in [-0.4, -0.2) is 5.91 Å². The molecule has 0 radical (unpaired) electrons. The third kappa shape index (κ3) is 1.54. The number of rotatable bonds is 1. The van der Waals surface area contributed by atoms with Crippen LogP contribution in [0.25, 0.3) is 0 Å². The van der Waals surface area contributed by atoms with Gasteiger partial charge in [-0.2, -0.15) is 5.26 Å². The average molecular weight is 162 g/mol. The van der Waals surface area contributed by atoms with Crippen LogP contribution in [0.5, 0.6) is 0 Å². The topological polar surface area (TPSA) is 66.9 Å². The van der Waals surface area contributed by atoms with Gasteiger partial charge in [-0.05, 0) is 25.3 Å². The smallest absolute Gasteiger partial charge is 0.259 e. The molecule has 0 saturated heterocycles. The summed E-state index contributed by atoms with van der Waals surface area (Å²) < 4.78 is 0. The van der Waals surface area contributed by atoms with Crippen molar-refractivity contribution in [2.45, 2.75) is 19.8 Å². The van der Waals surface area contributed by atoms with Crippen molar-refractivity contribution in [2.24, 2.45) is 5.73 Å². The van der Waals surface area contributed by atoms with Crippen molar-refractivity contribution < 1.29 is 4.79 Å². The third-order valence-corrected chi connectivity index (χ3v) is 1.89. The fraction of sp³-hybridized carbons (Fsp3) is 0.333. The lowest BCUT2D eigenvalue weighted by Gasteiger charge is -1.94. The standard InChI is InChI=1S/C9H10N2O/c1-6-2-3-7(4-6)8(5-10)9(11)12/h4H,2-3H2,1H3,(H2,11,12)/b8-7-. The van der Waals surface area contributed by atoms with Crippen LogP contribution < -0.4 is 5.73 Å². The Kier molecular flexibility index (Phi) is 2.29. The predicted octanol–water partition coefficient (Wildman–Crippen LogP) is 1.03. The molecule has 3 nitrogen and oxygen atoms in total. The zero-order chi connectivity index (χ0) is 9.14. The predicted molar refractivity (Wildman–Crippen MR) is 44.8 cm³/mol. The average Bonchev–Trinajstić information content (AvgIpc) is 2.37. The van der Waals surface area contributed by atoms with Crippen molar-refractivity contribution in [1.82, 2.24) is 0 Å². The van der Waals surface area contributed by atoms with E-state index in [4.69, 9.17) is 11.0 Å². The molecule has 1 aliphatic carbocycles. The minimum atomic E-state index is -0.626. The highest BCUT2D eigenvalue weighted by molar-refractivity contribution is 5.97. The summed E-state index contributed by atoms with van der Waals surface area (Å²) in [5, 5.41) is 8.61. The van der Waals surface area contributed by atoms with Gasteiger partial charge in [-0.15, -0.1) is 0 Å². The van der Waals surface area contributed by atoms with Gasteiger partial charge in [-0.3, -0.25) is 4.79 Å². The van der Waals surface area contributed by atoms with Crippen LogP contribution >= 0.6 is 0 Å². The third-order valence-electron chi connectivity index (χ3n) is 1.89. The lowest BCUT2D eigenvalue weighted by atomic mass is 10.1. The first kappa shape index (κ1) is 8.54. The Bertz CT molecular complexity index is 318. The molecular weight excluding hydrogens is 152 g/mol. The quantitative estimate of drug-likeness (QED) is 0.462. The first-order chi connectivity index (χ1) is 5.65. The number of amides is 1. The van der Waals surface area contributed by atoms with Gasteiger partial charge in [0.1, 0.15) is 11.6 Å². The lowest BCUT2D eigenvalue weighted by molar-refractivity contribution is -0.114. The minimum absolute atomic E-state index is 0.104. The van der Waals surface area contributed by atoms with Gasteiger partial charge in [-0.25, -0.2) is 0 Å². The van der Waals surface area contributed by atoms with Crippen molar-refractivity contribution in [2.75, 3.05) is 0 Å². The summed E-state index contributed by atoms with van der Waals surface area (Å²) in [6, 6.07) is 1.82. The van der Waals surface area contributed by atoms with E-state index in [0.717, 1.165) is 18.4 Å². The molecule has 12 heavy (non-hydrogen) atoms. The van der Waals surface area contributed by atoms with Gasteiger partial charge in [0.05, 0.1) is 0 Å². The number of nitriles is 1. The summed E-state index contributed by atoms with van der Waals surface area (Å²) in [6.45, 7) is 1.98. The Labute approximate surface area is 71.2 Å². The van der Waals surface area contributed by atoms with Gasteiger partial charge in [0.2, 0.25) is 0 Å². The molecule has 0 atom stereocenters. The molecule has 0 spiro atoms. The fourth-order valence-electron chi connectivity index (χ4n) is 1.26. The molecule has 0 aliphatic heterocycles. The molecule has 62 valence electrons. The van der Waals surface area contributed by atoms with Crippen LogP contribution in [0.15, 0.2) is 22.8 Å². The van der Waals surface area contributed by atoms with Crippen molar-refractivity contribution in [3.05, 3.63) is 22.8 Å². The molecule has 0 aromatic rings. The second kappa shape index (κ2) is 3.22. The molecule has 0 bridgehead atoms. The van der Waals surface area contributed by atoms with Crippen LogP contribution in [0.2, 0.25) is 0 Å². The number of allylic oxidation sites excluding steroid dienone is 3. The number of carbonyl (C=O) groups excluding carboxylic acids is 1. The number of primary amides is 1. The minimum Gasteiger partial charge on any atom is -0.365 e. The van der Waals surface area contributed by atoms with Gasteiger partial charge in [-0.1, -0.05) is 11.6 Å². The number of hydrogen-bond acceptors (Lipinski definition) is 2. The van der Waals surface area contributed by atoms with Gasteiger partial charge >= 0.3 is 0 Å². The molecule has 3 heteroatoms. The number of carbonyl (C=O) groups is 1. The zero-order valence-electron chi connectivity index (χ0n) is 6.92. The van der Waals surface area contributed by atoms with E-state index in [1.54, 1.807) is 0 Å². The van der Waals surface area contributed by atoms with Crippen molar-refractivity contribution in [3.63, 3.8) is 0 Å². The Morgan fingerprint density at radius 1 is 1.67 bits per heavy atom. The summed E-state index contributed by atoms with van der Waals surface area (Å²) in [4.78, 5) is 10.7. The number of nitrogens with zero attached hydrogens (tertiary/aromatic N) is 1. The molecule has 1 rings (SSSR count). The highest BCUT2D eigenvalue weighted by atomic mass is 16.1. The van der Waals surface area contributed by atoms with Crippen molar-refractivity contribution >= 4 is 5.91 Å². The second-order valence-electron chi connectivity index (χ2n) is 2.87. The summed E-state index contributed by atoms with van der Waals surface area (Å²) >= 11 is 0. The molecule has 0 aromatic carbocycles. The maximum absolute atomic E-state index is 10.7. The Hall–Kier alpha value is -1.56. The number of nitrogens with two attached hydrogens (primary N) is 1. The summed E-state index contributed by atoms with van der Waals surface area (Å²) in [7, 11) is 0. The van der Waals surface area contributed by atoms with E-state index in [9.17, 15) is 4.79 Å². The molecule has 1 aliphatic rings. The van der Waals surface area contributed by atoms with E-state index >= 15 is 0 Å². The highest BCUT2D eigenvalue weighted by Crippen LogP contribution is 2.25. The Balaban J connectivity index is 3.05. The molecule has 0 saturated carbocycles. The molecule has 1 amide bonds. The Morgan fingerprint density at radius 2 is 2.33 bits per heavy atom. The van der Waals surface area contributed by atoms with Crippen LogP contribution in [0, 0.1) is 11.3 Å².